The third-order valence-corrected chi connectivity index (χ3v) is 5.13. The second kappa shape index (κ2) is 7.09. The molecule has 2 heterocycles. The van der Waals surface area contributed by atoms with Gasteiger partial charge in [-0.15, -0.1) is 0 Å². The molecular weight excluding hydrogens is 380 g/mol. The van der Waals surface area contributed by atoms with E-state index in [1.165, 1.54) is 18.2 Å². The van der Waals surface area contributed by atoms with Crippen molar-refractivity contribution in [3.05, 3.63) is 44.7 Å². The van der Waals surface area contributed by atoms with Crippen LogP contribution in [0.25, 0.3) is 10.2 Å². The largest absolute Gasteiger partial charge is 0.383 e. The average Bonchev–Trinajstić information content (AvgIpc) is 2.94. The number of nitrogen functional groups attached to an aromatic ring is 1. The van der Waals surface area contributed by atoms with Crippen molar-refractivity contribution in [2.45, 2.75) is 17.3 Å². The van der Waals surface area contributed by atoms with Gasteiger partial charge in [-0.3, -0.25) is 19.7 Å². The number of benzene rings is 1. The number of nitro benzene ring substituents is 1. The lowest BCUT2D eigenvalue weighted by atomic mass is 10.3. The molecule has 3 aromatic rings. The molecule has 3 rings (SSSR count). The highest BCUT2D eigenvalue weighted by atomic mass is 32.2. The maximum atomic E-state index is 12.3. The molecule has 1 unspecified atom stereocenters. The molecule has 1 atom stereocenters. The molecule has 4 N–H and O–H groups in total. The standard InChI is InChI=1S/C14H12N6O4S2/c1-6(25-14-17-10(15)5-11(21)18-14)12(22)19-13-16-8-3-2-7(20(23)24)4-9(8)26-13/h2-6H,1H3,(H,16,19,22)(H3,15,17,18,21). The number of carbonyl (C=O) groups excluding carboxylic acids is 1. The Labute approximate surface area is 154 Å². The number of rotatable bonds is 5. The fourth-order valence-electron chi connectivity index (χ4n) is 2.02. The summed E-state index contributed by atoms with van der Waals surface area (Å²) in [4.78, 5) is 44.7. The number of nitrogens with zero attached hydrogens (tertiary/aromatic N) is 3. The number of aromatic amines is 1. The van der Waals surface area contributed by atoms with Crippen molar-refractivity contribution in [1.82, 2.24) is 15.0 Å². The van der Waals surface area contributed by atoms with Gasteiger partial charge in [0.25, 0.3) is 11.2 Å². The minimum Gasteiger partial charge on any atom is -0.383 e. The molecular formula is C14H12N6O4S2. The van der Waals surface area contributed by atoms with Crippen LogP contribution in [0.2, 0.25) is 0 Å². The molecule has 134 valence electrons. The number of hydrogen-bond donors (Lipinski definition) is 3. The Balaban J connectivity index is 1.73. The van der Waals surface area contributed by atoms with Crippen LogP contribution in [-0.2, 0) is 4.79 Å². The molecule has 0 spiro atoms. The fourth-order valence-corrected chi connectivity index (χ4v) is 3.74. The summed E-state index contributed by atoms with van der Waals surface area (Å²) in [6.45, 7) is 1.64. The van der Waals surface area contributed by atoms with Crippen molar-refractivity contribution in [2.24, 2.45) is 0 Å². The highest BCUT2D eigenvalue weighted by Gasteiger charge is 2.18. The Kier molecular flexibility index (Phi) is 4.86. The first kappa shape index (κ1) is 17.8. The molecule has 0 radical (unpaired) electrons. The van der Waals surface area contributed by atoms with Crippen molar-refractivity contribution in [1.29, 1.82) is 0 Å². The zero-order chi connectivity index (χ0) is 18.8. The Bertz CT molecular complexity index is 1060. The monoisotopic (exact) mass is 392 g/mol. The highest BCUT2D eigenvalue weighted by molar-refractivity contribution is 8.00. The molecule has 0 bridgehead atoms. The van der Waals surface area contributed by atoms with E-state index in [-0.39, 0.29) is 22.6 Å². The minimum absolute atomic E-state index is 0.0420. The number of nitro groups is 1. The molecule has 1 amide bonds. The highest BCUT2D eigenvalue weighted by Crippen LogP contribution is 2.30. The molecule has 0 aliphatic rings. The number of aromatic nitrogens is 3. The SMILES string of the molecule is CC(Sc1nc(N)cc(=O)[nH]1)C(=O)Nc1nc2ccc([N+](=O)[O-])cc2s1. The summed E-state index contributed by atoms with van der Waals surface area (Å²) in [5.41, 5.74) is 5.62. The lowest BCUT2D eigenvalue weighted by molar-refractivity contribution is -0.384. The van der Waals surface area contributed by atoms with E-state index < -0.39 is 15.7 Å². The van der Waals surface area contributed by atoms with Gasteiger partial charge in [-0.25, -0.2) is 9.97 Å². The molecule has 12 heteroatoms. The van der Waals surface area contributed by atoms with Crippen LogP contribution < -0.4 is 16.6 Å². The number of nitrogens with two attached hydrogens (primary N) is 1. The van der Waals surface area contributed by atoms with Crippen LogP contribution in [0, 0.1) is 10.1 Å². The molecule has 1 aromatic carbocycles. The number of amides is 1. The van der Waals surface area contributed by atoms with Gasteiger partial charge in [-0.2, -0.15) is 0 Å². The molecule has 26 heavy (non-hydrogen) atoms. The number of nitrogens with one attached hydrogen (secondary N) is 2. The van der Waals surface area contributed by atoms with Crippen LogP contribution in [0.5, 0.6) is 0 Å². The van der Waals surface area contributed by atoms with Crippen LogP contribution in [-0.4, -0.2) is 31.0 Å². The van der Waals surface area contributed by atoms with Gasteiger partial charge in [0.2, 0.25) is 5.91 Å². The number of thioether (sulfide) groups is 1. The first-order valence-corrected chi connectivity index (χ1v) is 8.91. The Morgan fingerprint density at radius 3 is 2.88 bits per heavy atom. The molecule has 10 nitrogen and oxygen atoms in total. The predicted molar refractivity (Wildman–Crippen MR) is 99.5 cm³/mol. The van der Waals surface area contributed by atoms with Gasteiger partial charge in [0.15, 0.2) is 10.3 Å². The summed E-state index contributed by atoms with van der Waals surface area (Å²) in [6.07, 6.45) is 0. The van der Waals surface area contributed by atoms with Gasteiger partial charge in [-0.1, -0.05) is 23.1 Å². The Morgan fingerprint density at radius 1 is 1.42 bits per heavy atom. The van der Waals surface area contributed by atoms with E-state index in [1.807, 2.05) is 0 Å². The van der Waals surface area contributed by atoms with Gasteiger partial charge in [-0.05, 0) is 13.0 Å². The van der Waals surface area contributed by atoms with Crippen molar-refractivity contribution in [2.75, 3.05) is 11.1 Å². The van der Waals surface area contributed by atoms with E-state index in [0.29, 0.717) is 15.3 Å². The fraction of sp³-hybridized carbons (Fsp3) is 0.143. The van der Waals surface area contributed by atoms with Crippen molar-refractivity contribution in [3.63, 3.8) is 0 Å². The number of fused-ring (bicyclic) bond motifs is 1. The van der Waals surface area contributed by atoms with E-state index in [9.17, 15) is 19.7 Å². The summed E-state index contributed by atoms with van der Waals surface area (Å²) in [5.74, 6) is -0.287. The summed E-state index contributed by atoms with van der Waals surface area (Å²) in [5, 5.41) is 13.5. The second-order valence-corrected chi connectivity index (χ2v) is 7.51. The summed E-state index contributed by atoms with van der Waals surface area (Å²) < 4.78 is 0.594. The summed E-state index contributed by atoms with van der Waals surface area (Å²) >= 11 is 2.18. The minimum atomic E-state index is -0.582. The zero-order valence-electron chi connectivity index (χ0n) is 13.3. The van der Waals surface area contributed by atoms with Crippen molar-refractivity contribution in [3.8, 4) is 0 Å². The maximum Gasteiger partial charge on any atom is 0.270 e. The second-order valence-electron chi connectivity index (χ2n) is 5.15. The zero-order valence-corrected chi connectivity index (χ0v) is 14.9. The van der Waals surface area contributed by atoms with Crippen LogP contribution in [0.1, 0.15) is 6.92 Å². The summed E-state index contributed by atoms with van der Waals surface area (Å²) in [6, 6.07) is 5.44. The number of non-ortho nitro benzene ring substituents is 1. The number of carbonyl (C=O) groups is 1. The molecule has 0 fully saturated rings. The Hall–Kier alpha value is -2.99. The smallest absolute Gasteiger partial charge is 0.270 e. The Morgan fingerprint density at radius 2 is 2.19 bits per heavy atom. The predicted octanol–water partition coefficient (Wildman–Crippen LogP) is 1.99. The maximum absolute atomic E-state index is 12.3. The first-order valence-electron chi connectivity index (χ1n) is 7.21. The molecule has 0 aliphatic carbocycles. The molecule has 0 aliphatic heterocycles. The van der Waals surface area contributed by atoms with Crippen LogP contribution in [0.3, 0.4) is 0 Å². The van der Waals surface area contributed by atoms with E-state index in [2.05, 4.69) is 20.3 Å². The quantitative estimate of drug-likeness (QED) is 0.257. The third-order valence-electron chi connectivity index (χ3n) is 3.21. The lowest BCUT2D eigenvalue weighted by Crippen LogP contribution is -2.23. The van der Waals surface area contributed by atoms with E-state index >= 15 is 0 Å². The average molecular weight is 392 g/mol. The number of hydrogen-bond acceptors (Lipinski definition) is 9. The number of anilines is 2. The van der Waals surface area contributed by atoms with E-state index in [4.69, 9.17) is 5.73 Å². The van der Waals surface area contributed by atoms with Gasteiger partial charge < -0.3 is 16.0 Å². The van der Waals surface area contributed by atoms with Crippen LogP contribution >= 0.6 is 23.1 Å². The van der Waals surface area contributed by atoms with Gasteiger partial charge in [0, 0.05) is 18.2 Å². The van der Waals surface area contributed by atoms with Crippen LogP contribution in [0.15, 0.2) is 34.2 Å². The van der Waals surface area contributed by atoms with Gasteiger partial charge in [0.05, 0.1) is 20.4 Å². The third kappa shape index (κ3) is 3.97. The topological polar surface area (TPSA) is 157 Å². The summed E-state index contributed by atoms with van der Waals surface area (Å²) in [7, 11) is 0. The lowest BCUT2D eigenvalue weighted by Gasteiger charge is -2.09. The van der Waals surface area contributed by atoms with Crippen LogP contribution in [0.4, 0.5) is 16.6 Å². The van der Waals surface area contributed by atoms with Gasteiger partial charge >= 0.3 is 0 Å². The van der Waals surface area contributed by atoms with E-state index in [0.717, 1.165) is 29.2 Å². The van der Waals surface area contributed by atoms with Crippen molar-refractivity contribution < 1.29 is 9.72 Å². The van der Waals surface area contributed by atoms with Gasteiger partial charge in [0.1, 0.15) is 5.82 Å². The molecule has 0 saturated carbocycles. The first-order chi connectivity index (χ1) is 12.3. The number of H-pyrrole nitrogens is 1. The van der Waals surface area contributed by atoms with E-state index in [1.54, 1.807) is 6.92 Å². The van der Waals surface area contributed by atoms with Crippen molar-refractivity contribution >= 4 is 55.9 Å². The normalized spacial score (nSPS) is 12.0. The number of thiazole rings is 1. The molecule has 0 saturated heterocycles. The molecule has 2 aromatic heterocycles.